The number of anilines is 2. The highest BCUT2D eigenvalue weighted by molar-refractivity contribution is 6.09. The van der Waals surface area contributed by atoms with Crippen LogP contribution in [0, 0.1) is 13.8 Å². The van der Waals surface area contributed by atoms with E-state index in [1.54, 1.807) is 12.3 Å². The number of hydrogen-bond donors (Lipinski definition) is 2. The van der Waals surface area contributed by atoms with E-state index in [4.69, 9.17) is 15.7 Å². The summed E-state index contributed by atoms with van der Waals surface area (Å²) >= 11 is 0. The fraction of sp³-hybridized carbons (Fsp3) is 0.300. The van der Waals surface area contributed by atoms with Gasteiger partial charge in [-0.2, -0.15) is 0 Å². The van der Waals surface area contributed by atoms with Gasteiger partial charge in [-0.15, -0.1) is 0 Å². The fourth-order valence-corrected chi connectivity index (χ4v) is 4.07. The van der Waals surface area contributed by atoms with Gasteiger partial charge in [-0.1, -0.05) is 6.07 Å². The first-order valence-electron chi connectivity index (χ1n) is 9.38. The van der Waals surface area contributed by atoms with Gasteiger partial charge in [0.2, 0.25) is 0 Å². The Morgan fingerprint density at radius 2 is 1.82 bits per heavy atom. The lowest BCUT2D eigenvalue weighted by Gasteiger charge is -2.16. The Kier molecular flexibility index (Phi) is 3.61. The number of benzene rings is 1. The minimum Gasteiger partial charge on any atom is -0.508 e. The first kappa shape index (κ1) is 16.7. The Labute approximate surface area is 161 Å². The SMILES string of the molecule is Cc1ccc(O)c(C)c1-n1c2ncc(N3CCCC3)nc2c2c(N)ncnc21. The van der Waals surface area contributed by atoms with Crippen LogP contribution in [-0.4, -0.2) is 42.7 Å². The van der Waals surface area contributed by atoms with Crippen LogP contribution in [0.4, 0.5) is 11.6 Å². The molecule has 0 bridgehead atoms. The Bertz CT molecular complexity index is 1220. The van der Waals surface area contributed by atoms with Gasteiger partial charge in [0.25, 0.3) is 0 Å². The van der Waals surface area contributed by atoms with E-state index in [9.17, 15) is 5.11 Å². The van der Waals surface area contributed by atoms with Gasteiger partial charge in [0.05, 0.1) is 17.3 Å². The molecule has 0 saturated carbocycles. The summed E-state index contributed by atoms with van der Waals surface area (Å²) in [6.07, 6.45) is 5.57. The third-order valence-electron chi connectivity index (χ3n) is 5.52. The molecule has 0 unspecified atom stereocenters. The molecule has 28 heavy (non-hydrogen) atoms. The van der Waals surface area contributed by atoms with Gasteiger partial charge in [-0.25, -0.2) is 19.9 Å². The molecule has 1 aliphatic heterocycles. The van der Waals surface area contributed by atoms with Crippen LogP contribution in [0.25, 0.3) is 27.9 Å². The molecule has 1 fully saturated rings. The van der Waals surface area contributed by atoms with Crippen LogP contribution in [-0.2, 0) is 0 Å². The summed E-state index contributed by atoms with van der Waals surface area (Å²) in [5.74, 6) is 1.44. The van der Waals surface area contributed by atoms with Crippen molar-refractivity contribution in [3.63, 3.8) is 0 Å². The summed E-state index contributed by atoms with van der Waals surface area (Å²) in [6.45, 7) is 5.84. The highest BCUT2D eigenvalue weighted by Gasteiger charge is 2.23. The molecule has 5 rings (SSSR count). The number of nitrogen functional groups attached to an aromatic ring is 1. The molecule has 1 aliphatic rings. The molecular formula is C20H21N7O. The third kappa shape index (κ3) is 2.30. The predicted molar refractivity (Wildman–Crippen MR) is 109 cm³/mol. The van der Waals surface area contributed by atoms with Crippen molar-refractivity contribution < 1.29 is 5.11 Å². The van der Waals surface area contributed by atoms with E-state index in [1.165, 1.54) is 6.33 Å². The van der Waals surface area contributed by atoms with Crippen molar-refractivity contribution in [1.82, 2.24) is 24.5 Å². The monoisotopic (exact) mass is 375 g/mol. The highest BCUT2D eigenvalue weighted by atomic mass is 16.3. The van der Waals surface area contributed by atoms with Crippen LogP contribution in [0.3, 0.4) is 0 Å². The number of aromatic hydroxyl groups is 1. The zero-order valence-electron chi connectivity index (χ0n) is 15.8. The van der Waals surface area contributed by atoms with E-state index in [-0.39, 0.29) is 5.75 Å². The summed E-state index contributed by atoms with van der Waals surface area (Å²) in [5.41, 5.74) is 10.8. The number of nitrogens with zero attached hydrogens (tertiary/aromatic N) is 6. The number of phenols is 1. The third-order valence-corrected chi connectivity index (χ3v) is 5.52. The van der Waals surface area contributed by atoms with E-state index in [2.05, 4.69) is 14.9 Å². The van der Waals surface area contributed by atoms with Crippen LogP contribution in [0.5, 0.6) is 5.75 Å². The zero-order chi connectivity index (χ0) is 19.4. The Morgan fingerprint density at radius 1 is 1.04 bits per heavy atom. The molecule has 4 aromatic rings. The maximum atomic E-state index is 10.3. The van der Waals surface area contributed by atoms with E-state index in [1.807, 2.05) is 24.5 Å². The van der Waals surface area contributed by atoms with E-state index in [0.717, 1.165) is 48.6 Å². The first-order chi connectivity index (χ1) is 13.6. The summed E-state index contributed by atoms with van der Waals surface area (Å²) in [4.78, 5) is 20.5. The normalized spacial score (nSPS) is 14.4. The number of nitrogens with two attached hydrogens (primary N) is 1. The van der Waals surface area contributed by atoms with Gasteiger partial charge in [-0.3, -0.25) is 4.57 Å². The fourth-order valence-electron chi connectivity index (χ4n) is 4.07. The largest absolute Gasteiger partial charge is 0.508 e. The van der Waals surface area contributed by atoms with Crippen LogP contribution < -0.4 is 10.6 Å². The molecule has 1 saturated heterocycles. The second-order valence-electron chi connectivity index (χ2n) is 7.26. The molecule has 1 aromatic carbocycles. The van der Waals surface area contributed by atoms with Crippen molar-refractivity contribution in [2.75, 3.05) is 23.7 Å². The Balaban J connectivity index is 1.89. The van der Waals surface area contributed by atoms with Gasteiger partial charge in [0, 0.05) is 18.7 Å². The number of rotatable bonds is 2. The second-order valence-corrected chi connectivity index (χ2v) is 7.26. The average molecular weight is 375 g/mol. The van der Waals surface area contributed by atoms with Crippen LogP contribution >= 0.6 is 0 Å². The standard InChI is InChI=1S/C20H21N7O/c1-11-5-6-13(28)12(2)17(11)27-19-15(18(21)23-10-24-19)16-20(27)22-9-14(25-16)26-7-3-4-8-26/h5-6,9-10,28H,3-4,7-8H2,1-2H3,(H2,21,23,24). The summed E-state index contributed by atoms with van der Waals surface area (Å²) < 4.78 is 1.92. The van der Waals surface area contributed by atoms with Crippen molar-refractivity contribution >= 4 is 33.8 Å². The van der Waals surface area contributed by atoms with Crippen molar-refractivity contribution in [1.29, 1.82) is 0 Å². The lowest BCUT2D eigenvalue weighted by molar-refractivity contribution is 0.470. The van der Waals surface area contributed by atoms with Crippen LogP contribution in [0.1, 0.15) is 24.0 Å². The van der Waals surface area contributed by atoms with Crippen molar-refractivity contribution in [2.24, 2.45) is 0 Å². The van der Waals surface area contributed by atoms with Gasteiger partial charge in [0.15, 0.2) is 11.3 Å². The molecule has 3 aromatic heterocycles. The minimum atomic E-state index is 0.222. The molecule has 0 spiro atoms. The molecule has 0 atom stereocenters. The molecule has 142 valence electrons. The average Bonchev–Trinajstić information content (AvgIpc) is 3.32. The quantitative estimate of drug-likeness (QED) is 0.555. The molecule has 0 amide bonds. The van der Waals surface area contributed by atoms with Crippen LogP contribution in [0.2, 0.25) is 0 Å². The number of phenolic OH excluding ortho intramolecular Hbond substituents is 1. The predicted octanol–water partition coefficient (Wildman–Crippen LogP) is 2.87. The highest BCUT2D eigenvalue weighted by Crippen LogP contribution is 2.36. The van der Waals surface area contributed by atoms with E-state index >= 15 is 0 Å². The van der Waals surface area contributed by atoms with Crippen molar-refractivity contribution in [3.05, 3.63) is 35.8 Å². The molecule has 8 nitrogen and oxygen atoms in total. The number of hydrogen-bond acceptors (Lipinski definition) is 7. The van der Waals surface area contributed by atoms with Crippen LogP contribution in [0.15, 0.2) is 24.7 Å². The van der Waals surface area contributed by atoms with E-state index in [0.29, 0.717) is 28.0 Å². The zero-order valence-corrected chi connectivity index (χ0v) is 15.8. The van der Waals surface area contributed by atoms with E-state index < -0.39 is 0 Å². The van der Waals surface area contributed by atoms with Crippen molar-refractivity contribution in [3.8, 4) is 11.4 Å². The molecule has 4 heterocycles. The van der Waals surface area contributed by atoms with Gasteiger partial charge in [0.1, 0.15) is 29.2 Å². The number of aryl methyl sites for hydroxylation is 1. The Morgan fingerprint density at radius 3 is 2.61 bits per heavy atom. The molecule has 0 aliphatic carbocycles. The summed E-state index contributed by atoms with van der Waals surface area (Å²) in [5, 5.41) is 11.0. The maximum absolute atomic E-state index is 10.3. The summed E-state index contributed by atoms with van der Waals surface area (Å²) in [6, 6.07) is 3.58. The smallest absolute Gasteiger partial charge is 0.166 e. The van der Waals surface area contributed by atoms with Crippen molar-refractivity contribution in [2.45, 2.75) is 26.7 Å². The summed E-state index contributed by atoms with van der Waals surface area (Å²) in [7, 11) is 0. The molecule has 3 N–H and O–H groups in total. The molecular weight excluding hydrogens is 354 g/mol. The second kappa shape index (κ2) is 6.05. The van der Waals surface area contributed by atoms with Gasteiger partial charge < -0.3 is 15.7 Å². The Hall–Kier alpha value is -3.42. The molecule has 0 radical (unpaired) electrons. The number of aromatic nitrogens is 5. The maximum Gasteiger partial charge on any atom is 0.166 e. The molecule has 8 heteroatoms. The minimum absolute atomic E-state index is 0.222. The lowest BCUT2D eigenvalue weighted by atomic mass is 10.1. The van der Waals surface area contributed by atoms with Gasteiger partial charge in [-0.05, 0) is 38.3 Å². The topological polar surface area (TPSA) is 106 Å². The number of fused-ring (bicyclic) bond motifs is 3. The van der Waals surface area contributed by atoms with Gasteiger partial charge >= 0.3 is 0 Å². The lowest BCUT2D eigenvalue weighted by Crippen LogP contribution is -2.19. The first-order valence-corrected chi connectivity index (χ1v) is 9.38.